The Morgan fingerprint density at radius 2 is 2.00 bits per heavy atom. The number of hydrogen-bond donors (Lipinski definition) is 0. The molecule has 12 heavy (non-hydrogen) atoms. The van der Waals surface area contributed by atoms with Crippen LogP contribution in [0.15, 0.2) is 12.1 Å². The summed E-state index contributed by atoms with van der Waals surface area (Å²) in [5.74, 6) is 4.12. The second-order valence-corrected chi connectivity index (χ2v) is 2.66. The molecule has 0 radical (unpaired) electrons. The lowest BCUT2D eigenvalue weighted by atomic mass is 10.1. The van der Waals surface area contributed by atoms with Gasteiger partial charge in [-0.1, -0.05) is 5.92 Å². The molecule has 0 aliphatic carbocycles. The van der Waals surface area contributed by atoms with Crippen LogP contribution in [0.4, 0.5) is 0 Å². The van der Waals surface area contributed by atoms with Crippen LogP contribution in [-0.4, -0.2) is 6.79 Å². The van der Waals surface area contributed by atoms with Gasteiger partial charge in [-0.15, -0.1) is 6.42 Å². The van der Waals surface area contributed by atoms with Crippen molar-refractivity contribution in [1.29, 1.82) is 0 Å². The Hall–Kier alpha value is -1.62. The largest absolute Gasteiger partial charge is 0.454 e. The van der Waals surface area contributed by atoms with E-state index < -0.39 is 0 Å². The predicted molar refractivity (Wildman–Crippen MR) is 45.2 cm³/mol. The van der Waals surface area contributed by atoms with Gasteiger partial charge in [-0.05, 0) is 18.6 Å². The lowest BCUT2D eigenvalue weighted by Crippen LogP contribution is -1.92. The van der Waals surface area contributed by atoms with E-state index >= 15 is 0 Å². The third-order valence-electron chi connectivity index (χ3n) is 1.88. The van der Waals surface area contributed by atoms with Gasteiger partial charge in [0.2, 0.25) is 6.79 Å². The maximum absolute atomic E-state index is 5.30. The van der Waals surface area contributed by atoms with Gasteiger partial charge in [-0.3, -0.25) is 0 Å². The molecule has 0 saturated heterocycles. The third kappa shape index (κ3) is 0.911. The van der Waals surface area contributed by atoms with Gasteiger partial charge in [0, 0.05) is 11.6 Å². The summed E-state index contributed by atoms with van der Waals surface area (Å²) >= 11 is 0. The first kappa shape index (κ1) is 7.05. The number of rotatable bonds is 0. The lowest BCUT2D eigenvalue weighted by molar-refractivity contribution is 0.174. The van der Waals surface area contributed by atoms with Crippen LogP contribution in [0.25, 0.3) is 0 Å². The summed E-state index contributed by atoms with van der Waals surface area (Å²) in [7, 11) is 0. The quantitative estimate of drug-likeness (QED) is 0.538. The molecule has 2 nitrogen and oxygen atoms in total. The summed E-state index contributed by atoms with van der Waals surface area (Å²) in [6.45, 7) is 2.25. The monoisotopic (exact) mass is 160 g/mol. The van der Waals surface area contributed by atoms with Crippen molar-refractivity contribution in [2.75, 3.05) is 6.79 Å². The average molecular weight is 160 g/mol. The van der Waals surface area contributed by atoms with Crippen molar-refractivity contribution >= 4 is 0 Å². The Balaban J connectivity index is 2.59. The van der Waals surface area contributed by atoms with Gasteiger partial charge < -0.3 is 9.47 Å². The Bertz CT molecular complexity index is 360. The van der Waals surface area contributed by atoms with E-state index in [0.29, 0.717) is 6.79 Å². The third-order valence-corrected chi connectivity index (χ3v) is 1.88. The van der Waals surface area contributed by atoms with Gasteiger partial charge in [0.05, 0.1) is 0 Å². The fourth-order valence-corrected chi connectivity index (χ4v) is 1.20. The molecule has 1 aromatic carbocycles. The first-order valence-electron chi connectivity index (χ1n) is 3.68. The molecule has 0 N–H and O–H groups in total. The molecule has 0 fully saturated rings. The second kappa shape index (κ2) is 2.46. The zero-order chi connectivity index (χ0) is 8.55. The fraction of sp³-hybridized carbons (Fsp3) is 0.200. The number of benzene rings is 1. The average Bonchev–Trinajstić information content (AvgIpc) is 2.49. The van der Waals surface area contributed by atoms with E-state index in [-0.39, 0.29) is 0 Å². The minimum atomic E-state index is 0.294. The van der Waals surface area contributed by atoms with Crippen molar-refractivity contribution in [3.8, 4) is 23.8 Å². The zero-order valence-electron chi connectivity index (χ0n) is 6.76. The summed E-state index contributed by atoms with van der Waals surface area (Å²) in [6, 6.07) is 3.73. The molecule has 1 aromatic rings. The molecule has 0 unspecified atom stereocenters. The van der Waals surface area contributed by atoms with Crippen LogP contribution >= 0.6 is 0 Å². The van der Waals surface area contributed by atoms with E-state index in [9.17, 15) is 0 Å². The van der Waals surface area contributed by atoms with Crippen LogP contribution in [-0.2, 0) is 0 Å². The van der Waals surface area contributed by atoms with Gasteiger partial charge >= 0.3 is 0 Å². The molecular weight excluding hydrogens is 152 g/mol. The highest BCUT2D eigenvalue weighted by Gasteiger charge is 2.14. The lowest BCUT2D eigenvalue weighted by Gasteiger charge is -2.00. The SMILES string of the molecule is C#Cc1cc2c(cc1C)OCO2. The molecule has 0 aromatic heterocycles. The molecule has 60 valence electrons. The predicted octanol–water partition coefficient (Wildman–Crippen LogP) is 1.71. The molecule has 0 spiro atoms. The molecule has 1 heterocycles. The maximum atomic E-state index is 5.30. The molecule has 0 bridgehead atoms. The van der Waals surface area contributed by atoms with Crippen LogP contribution < -0.4 is 9.47 Å². The molecule has 2 heteroatoms. The highest BCUT2D eigenvalue weighted by atomic mass is 16.7. The minimum Gasteiger partial charge on any atom is -0.454 e. The smallest absolute Gasteiger partial charge is 0.231 e. The van der Waals surface area contributed by atoms with Crippen molar-refractivity contribution in [1.82, 2.24) is 0 Å². The summed E-state index contributed by atoms with van der Waals surface area (Å²) < 4.78 is 10.4. The number of aryl methyl sites for hydroxylation is 1. The highest BCUT2D eigenvalue weighted by molar-refractivity contribution is 5.53. The highest BCUT2D eigenvalue weighted by Crippen LogP contribution is 2.34. The Kier molecular flexibility index (Phi) is 1.44. The zero-order valence-corrected chi connectivity index (χ0v) is 6.76. The van der Waals surface area contributed by atoms with E-state index in [2.05, 4.69) is 5.92 Å². The van der Waals surface area contributed by atoms with Crippen molar-refractivity contribution in [3.63, 3.8) is 0 Å². The van der Waals surface area contributed by atoms with E-state index in [1.807, 2.05) is 19.1 Å². The van der Waals surface area contributed by atoms with Crippen LogP contribution in [0, 0.1) is 19.3 Å². The molecule has 1 aliphatic heterocycles. The Morgan fingerprint density at radius 1 is 1.33 bits per heavy atom. The van der Waals surface area contributed by atoms with Gasteiger partial charge in [0.25, 0.3) is 0 Å². The van der Waals surface area contributed by atoms with Crippen LogP contribution in [0.1, 0.15) is 11.1 Å². The summed E-state index contributed by atoms with van der Waals surface area (Å²) in [6.07, 6.45) is 5.30. The van der Waals surface area contributed by atoms with Gasteiger partial charge in [-0.2, -0.15) is 0 Å². The van der Waals surface area contributed by atoms with Crippen molar-refractivity contribution in [3.05, 3.63) is 23.3 Å². The topological polar surface area (TPSA) is 18.5 Å². The normalized spacial score (nSPS) is 12.7. The molecular formula is C10H8O2. The van der Waals surface area contributed by atoms with E-state index in [4.69, 9.17) is 15.9 Å². The van der Waals surface area contributed by atoms with Gasteiger partial charge in [0.1, 0.15) is 0 Å². The van der Waals surface area contributed by atoms with Crippen LogP contribution in [0.5, 0.6) is 11.5 Å². The van der Waals surface area contributed by atoms with Crippen molar-refractivity contribution < 1.29 is 9.47 Å². The molecule has 2 rings (SSSR count). The first-order chi connectivity index (χ1) is 5.81. The van der Waals surface area contributed by atoms with E-state index in [1.165, 1.54) is 0 Å². The summed E-state index contributed by atoms with van der Waals surface area (Å²) in [4.78, 5) is 0. The number of terminal acetylenes is 1. The second-order valence-electron chi connectivity index (χ2n) is 2.66. The molecule has 0 saturated carbocycles. The van der Waals surface area contributed by atoms with Crippen LogP contribution in [0.2, 0.25) is 0 Å². The fourth-order valence-electron chi connectivity index (χ4n) is 1.20. The Labute approximate surface area is 71.1 Å². The molecule has 0 amide bonds. The molecule has 1 aliphatic rings. The molecule has 0 atom stereocenters. The Morgan fingerprint density at radius 3 is 2.67 bits per heavy atom. The van der Waals surface area contributed by atoms with E-state index in [1.54, 1.807) is 0 Å². The first-order valence-corrected chi connectivity index (χ1v) is 3.68. The van der Waals surface area contributed by atoms with E-state index in [0.717, 1.165) is 22.6 Å². The van der Waals surface area contributed by atoms with Crippen LogP contribution in [0.3, 0.4) is 0 Å². The number of hydrogen-bond acceptors (Lipinski definition) is 2. The number of ether oxygens (including phenoxy) is 2. The standard InChI is InChI=1S/C10H8O2/c1-3-8-5-10-9(4-7(8)2)11-6-12-10/h1,4-5H,6H2,2H3. The van der Waals surface area contributed by atoms with Gasteiger partial charge in [0.15, 0.2) is 11.5 Å². The van der Waals surface area contributed by atoms with Gasteiger partial charge in [-0.25, -0.2) is 0 Å². The summed E-state index contributed by atoms with van der Waals surface area (Å²) in [5, 5.41) is 0. The van der Waals surface area contributed by atoms with Crippen molar-refractivity contribution in [2.24, 2.45) is 0 Å². The van der Waals surface area contributed by atoms with Crippen molar-refractivity contribution in [2.45, 2.75) is 6.92 Å². The maximum Gasteiger partial charge on any atom is 0.231 e. The minimum absolute atomic E-state index is 0.294. The summed E-state index contributed by atoms with van der Waals surface area (Å²) in [5.41, 5.74) is 1.90. The number of fused-ring (bicyclic) bond motifs is 1.